The number of pyridine rings is 1. The summed E-state index contributed by atoms with van der Waals surface area (Å²) in [5.74, 6) is 0.723. The van der Waals surface area contributed by atoms with Crippen LogP contribution in [-0.4, -0.2) is 29.1 Å². The Morgan fingerprint density at radius 1 is 1.35 bits per heavy atom. The van der Waals surface area contributed by atoms with Gasteiger partial charge in [0, 0.05) is 30.2 Å². The molecule has 1 aromatic heterocycles. The zero-order valence-corrected chi connectivity index (χ0v) is 13.4. The van der Waals surface area contributed by atoms with E-state index in [1.807, 2.05) is 54.4 Å². The fourth-order valence-electron chi connectivity index (χ4n) is 2.68. The third-order valence-corrected chi connectivity index (χ3v) is 4.08. The van der Waals surface area contributed by atoms with Gasteiger partial charge in [0.25, 0.3) is 0 Å². The Hall–Kier alpha value is -2.56. The molecule has 0 bridgehead atoms. The molecular formula is C18H21N3O2. The molecule has 0 aliphatic heterocycles. The van der Waals surface area contributed by atoms with E-state index >= 15 is 0 Å². The summed E-state index contributed by atoms with van der Waals surface area (Å²) in [6.45, 7) is 2.04. The fraction of sp³-hybridized carbons (Fsp3) is 0.333. The summed E-state index contributed by atoms with van der Waals surface area (Å²) in [5.41, 5.74) is 1.78. The van der Waals surface area contributed by atoms with Gasteiger partial charge in [0.2, 0.25) is 0 Å². The number of hydrogen-bond donors (Lipinski definition) is 1. The van der Waals surface area contributed by atoms with Crippen LogP contribution in [0.2, 0.25) is 0 Å². The van der Waals surface area contributed by atoms with Crippen LogP contribution in [0.25, 0.3) is 0 Å². The van der Waals surface area contributed by atoms with Crippen molar-refractivity contribution in [1.29, 1.82) is 0 Å². The third kappa shape index (κ3) is 3.62. The molecule has 1 N–H and O–H groups in total. The molecule has 1 aromatic carbocycles. The van der Waals surface area contributed by atoms with E-state index in [0.29, 0.717) is 6.04 Å². The van der Waals surface area contributed by atoms with Crippen molar-refractivity contribution in [3.05, 3.63) is 54.4 Å². The quantitative estimate of drug-likeness (QED) is 0.912. The van der Waals surface area contributed by atoms with E-state index in [9.17, 15) is 4.79 Å². The summed E-state index contributed by atoms with van der Waals surface area (Å²) < 4.78 is 5.20. The second-order valence-electron chi connectivity index (χ2n) is 5.76. The molecule has 1 aliphatic carbocycles. The number of methoxy groups -OCH3 is 1. The van der Waals surface area contributed by atoms with Crippen molar-refractivity contribution < 1.29 is 9.53 Å². The maximum absolute atomic E-state index is 12.8. The van der Waals surface area contributed by atoms with Crippen molar-refractivity contribution in [2.24, 2.45) is 0 Å². The highest BCUT2D eigenvalue weighted by atomic mass is 16.5. The Kier molecular flexibility index (Phi) is 4.46. The van der Waals surface area contributed by atoms with Gasteiger partial charge in [0.15, 0.2) is 0 Å². The van der Waals surface area contributed by atoms with E-state index in [4.69, 9.17) is 4.74 Å². The number of aromatic nitrogens is 1. The number of rotatable bonds is 5. The molecule has 1 unspecified atom stereocenters. The largest absolute Gasteiger partial charge is 0.497 e. The van der Waals surface area contributed by atoms with E-state index in [1.165, 1.54) is 0 Å². The van der Waals surface area contributed by atoms with Gasteiger partial charge in [-0.25, -0.2) is 4.79 Å². The maximum atomic E-state index is 12.8. The Morgan fingerprint density at radius 3 is 2.83 bits per heavy atom. The fourth-order valence-corrected chi connectivity index (χ4v) is 2.68. The molecule has 120 valence electrons. The van der Waals surface area contributed by atoms with Crippen molar-refractivity contribution in [3.8, 4) is 5.75 Å². The van der Waals surface area contributed by atoms with Crippen LogP contribution < -0.4 is 10.1 Å². The minimum Gasteiger partial charge on any atom is -0.497 e. The molecule has 1 fully saturated rings. The lowest BCUT2D eigenvalue weighted by Crippen LogP contribution is -2.38. The molecule has 5 nitrogen and oxygen atoms in total. The first-order valence-electron chi connectivity index (χ1n) is 7.82. The molecule has 23 heavy (non-hydrogen) atoms. The van der Waals surface area contributed by atoms with E-state index in [1.54, 1.807) is 13.3 Å². The second-order valence-corrected chi connectivity index (χ2v) is 5.76. The summed E-state index contributed by atoms with van der Waals surface area (Å²) in [4.78, 5) is 18.8. The minimum atomic E-state index is -0.0860. The topological polar surface area (TPSA) is 54.5 Å². The van der Waals surface area contributed by atoms with Gasteiger partial charge in [-0.15, -0.1) is 0 Å². The van der Waals surface area contributed by atoms with Gasteiger partial charge in [-0.3, -0.25) is 4.98 Å². The van der Waals surface area contributed by atoms with Gasteiger partial charge in [0.05, 0.1) is 13.2 Å². The molecule has 0 saturated heterocycles. The first-order chi connectivity index (χ1) is 11.2. The highest BCUT2D eigenvalue weighted by molar-refractivity contribution is 5.90. The van der Waals surface area contributed by atoms with Gasteiger partial charge in [-0.1, -0.05) is 12.1 Å². The van der Waals surface area contributed by atoms with Crippen LogP contribution in [-0.2, 0) is 0 Å². The number of anilines is 1. The summed E-state index contributed by atoms with van der Waals surface area (Å²) >= 11 is 0. The van der Waals surface area contributed by atoms with E-state index in [-0.39, 0.29) is 12.1 Å². The van der Waals surface area contributed by atoms with E-state index < -0.39 is 0 Å². The zero-order chi connectivity index (χ0) is 16.2. The number of urea groups is 1. The Labute approximate surface area is 136 Å². The molecule has 3 rings (SSSR count). The van der Waals surface area contributed by atoms with Gasteiger partial charge >= 0.3 is 6.03 Å². The molecular weight excluding hydrogens is 290 g/mol. The maximum Gasteiger partial charge on any atom is 0.322 e. The number of benzene rings is 1. The lowest BCUT2D eigenvalue weighted by Gasteiger charge is -2.29. The van der Waals surface area contributed by atoms with Gasteiger partial charge < -0.3 is 15.0 Å². The highest BCUT2D eigenvalue weighted by Gasteiger charge is 2.36. The van der Waals surface area contributed by atoms with E-state index in [2.05, 4.69) is 10.3 Å². The number of ether oxygens (including phenoxy) is 1. The molecule has 2 aromatic rings. The number of nitrogens with zero attached hydrogens (tertiary/aromatic N) is 2. The summed E-state index contributed by atoms with van der Waals surface area (Å²) in [6, 6.07) is 11.5. The van der Waals surface area contributed by atoms with Crippen molar-refractivity contribution in [2.45, 2.75) is 31.8 Å². The number of amides is 2. The molecule has 1 aliphatic rings. The monoisotopic (exact) mass is 311 g/mol. The minimum absolute atomic E-state index is 0.0122. The first-order valence-corrected chi connectivity index (χ1v) is 7.82. The molecule has 1 saturated carbocycles. The number of carbonyl (C=O) groups is 1. The predicted molar refractivity (Wildman–Crippen MR) is 89.5 cm³/mol. The third-order valence-electron chi connectivity index (χ3n) is 4.08. The van der Waals surface area contributed by atoms with Gasteiger partial charge in [0.1, 0.15) is 5.75 Å². The SMILES string of the molecule is COc1cccc(NC(=O)N(C2CC2)C(C)c2cccnc2)c1. The zero-order valence-electron chi connectivity index (χ0n) is 13.4. The lowest BCUT2D eigenvalue weighted by molar-refractivity contribution is 0.189. The summed E-state index contributed by atoms with van der Waals surface area (Å²) in [5, 5.41) is 2.98. The van der Waals surface area contributed by atoms with Crippen LogP contribution in [0.1, 0.15) is 31.4 Å². The number of hydrogen-bond acceptors (Lipinski definition) is 3. The van der Waals surface area contributed by atoms with Crippen molar-refractivity contribution in [1.82, 2.24) is 9.88 Å². The van der Waals surface area contributed by atoms with Crippen molar-refractivity contribution in [2.75, 3.05) is 12.4 Å². The molecule has 0 radical (unpaired) electrons. The standard InChI is InChI=1S/C18H21N3O2/c1-13(14-5-4-10-19-12-14)21(16-8-9-16)18(22)20-15-6-3-7-17(11-15)23-2/h3-7,10-13,16H,8-9H2,1-2H3,(H,20,22). The van der Waals surface area contributed by atoms with Gasteiger partial charge in [-0.05, 0) is 43.5 Å². The molecule has 1 heterocycles. The van der Waals surface area contributed by atoms with Crippen molar-refractivity contribution in [3.63, 3.8) is 0 Å². The Balaban J connectivity index is 1.77. The highest BCUT2D eigenvalue weighted by Crippen LogP contribution is 2.34. The smallest absolute Gasteiger partial charge is 0.322 e. The molecule has 5 heteroatoms. The number of nitrogens with one attached hydrogen (secondary N) is 1. The van der Waals surface area contributed by atoms with Crippen LogP contribution in [0.3, 0.4) is 0 Å². The second kappa shape index (κ2) is 6.69. The van der Waals surface area contributed by atoms with E-state index in [0.717, 1.165) is 29.8 Å². The number of carbonyl (C=O) groups excluding carboxylic acids is 1. The van der Waals surface area contributed by atoms with Crippen LogP contribution in [0.5, 0.6) is 5.75 Å². The molecule has 2 amide bonds. The first kappa shape index (κ1) is 15.3. The normalized spacial score (nSPS) is 14.9. The predicted octanol–water partition coefficient (Wildman–Crippen LogP) is 3.85. The molecule has 0 spiro atoms. The van der Waals surface area contributed by atoms with Crippen LogP contribution >= 0.6 is 0 Å². The summed E-state index contributed by atoms with van der Waals surface area (Å²) in [6.07, 6.45) is 5.67. The summed E-state index contributed by atoms with van der Waals surface area (Å²) in [7, 11) is 1.61. The van der Waals surface area contributed by atoms with Gasteiger partial charge in [-0.2, -0.15) is 0 Å². The lowest BCUT2D eigenvalue weighted by atomic mass is 10.1. The average molecular weight is 311 g/mol. The van der Waals surface area contributed by atoms with Crippen molar-refractivity contribution >= 4 is 11.7 Å². The average Bonchev–Trinajstić information content (AvgIpc) is 3.40. The van der Waals surface area contributed by atoms with Crippen LogP contribution in [0, 0.1) is 0 Å². The Bertz CT molecular complexity index is 671. The molecule has 1 atom stereocenters. The van der Waals surface area contributed by atoms with Crippen LogP contribution in [0.4, 0.5) is 10.5 Å². The van der Waals surface area contributed by atoms with Crippen LogP contribution in [0.15, 0.2) is 48.8 Å². The Morgan fingerprint density at radius 2 is 2.17 bits per heavy atom.